The zero-order chi connectivity index (χ0) is 14.4. The summed E-state index contributed by atoms with van der Waals surface area (Å²) < 4.78 is 0. The van der Waals surface area contributed by atoms with Crippen molar-refractivity contribution in [2.24, 2.45) is 5.92 Å². The number of nitrogens with one attached hydrogen (secondary N) is 3. The minimum Gasteiger partial charge on any atom is -0.354 e. The average molecular weight is 277 g/mol. The van der Waals surface area contributed by atoms with Gasteiger partial charge in [-0.3, -0.25) is 14.8 Å². The molecule has 2 unspecified atom stereocenters. The number of rotatable bonds is 4. The molecule has 2 atom stereocenters. The lowest BCUT2D eigenvalue weighted by Gasteiger charge is -2.28. The minimum atomic E-state index is -0.458. The molecule has 7 nitrogen and oxygen atoms in total. The van der Waals surface area contributed by atoms with E-state index in [1.807, 2.05) is 6.92 Å². The Labute approximate surface area is 117 Å². The SMILES string of the molecule is CC1CCNC(=O)C1NC(=O)NCCc1cnccn1. The third-order valence-electron chi connectivity index (χ3n) is 3.32. The maximum atomic E-state index is 11.8. The van der Waals surface area contributed by atoms with Crippen LogP contribution in [0.4, 0.5) is 4.79 Å². The van der Waals surface area contributed by atoms with E-state index < -0.39 is 6.04 Å². The molecular weight excluding hydrogens is 258 g/mol. The summed E-state index contributed by atoms with van der Waals surface area (Å²) in [7, 11) is 0. The monoisotopic (exact) mass is 277 g/mol. The number of nitrogens with zero attached hydrogens (tertiary/aromatic N) is 2. The molecular formula is C13H19N5O2. The molecule has 0 aromatic carbocycles. The van der Waals surface area contributed by atoms with E-state index >= 15 is 0 Å². The Balaban J connectivity index is 1.73. The summed E-state index contributed by atoms with van der Waals surface area (Å²) in [5.41, 5.74) is 0.816. The Hall–Kier alpha value is -2.18. The number of hydrogen-bond donors (Lipinski definition) is 3. The number of hydrogen-bond acceptors (Lipinski definition) is 4. The maximum Gasteiger partial charge on any atom is 0.315 e. The standard InChI is InChI=1S/C13H19N5O2/c1-9-2-4-16-12(19)11(9)18-13(20)17-5-3-10-8-14-6-7-15-10/h6-9,11H,2-5H2,1H3,(H,16,19)(H2,17,18,20). The van der Waals surface area contributed by atoms with Crippen molar-refractivity contribution < 1.29 is 9.59 Å². The van der Waals surface area contributed by atoms with E-state index in [0.717, 1.165) is 12.1 Å². The van der Waals surface area contributed by atoms with E-state index in [9.17, 15) is 9.59 Å². The molecule has 1 aromatic heterocycles. The van der Waals surface area contributed by atoms with Crippen LogP contribution in [0.2, 0.25) is 0 Å². The van der Waals surface area contributed by atoms with Crippen molar-refractivity contribution in [3.63, 3.8) is 0 Å². The topological polar surface area (TPSA) is 96.0 Å². The van der Waals surface area contributed by atoms with E-state index in [0.29, 0.717) is 19.5 Å². The third-order valence-corrected chi connectivity index (χ3v) is 3.32. The molecule has 1 aliphatic rings. The quantitative estimate of drug-likeness (QED) is 0.712. The van der Waals surface area contributed by atoms with Crippen molar-refractivity contribution in [2.75, 3.05) is 13.1 Å². The molecule has 108 valence electrons. The fourth-order valence-corrected chi connectivity index (χ4v) is 2.12. The summed E-state index contributed by atoms with van der Waals surface area (Å²) in [5, 5.41) is 8.18. The molecule has 0 bridgehead atoms. The van der Waals surface area contributed by atoms with Gasteiger partial charge in [-0.1, -0.05) is 6.92 Å². The number of piperidine rings is 1. The second kappa shape index (κ2) is 6.83. The summed E-state index contributed by atoms with van der Waals surface area (Å²) in [6.45, 7) is 3.09. The van der Waals surface area contributed by atoms with Crippen LogP contribution in [-0.4, -0.2) is 41.0 Å². The molecule has 1 aliphatic heterocycles. The predicted molar refractivity (Wildman–Crippen MR) is 72.8 cm³/mol. The number of carbonyl (C=O) groups excluding carboxylic acids is 2. The van der Waals surface area contributed by atoms with E-state index in [4.69, 9.17) is 0 Å². The molecule has 1 aromatic rings. The fourth-order valence-electron chi connectivity index (χ4n) is 2.12. The highest BCUT2D eigenvalue weighted by atomic mass is 16.2. The van der Waals surface area contributed by atoms with Crippen LogP contribution < -0.4 is 16.0 Å². The molecule has 0 spiro atoms. The number of urea groups is 1. The van der Waals surface area contributed by atoms with E-state index in [1.165, 1.54) is 0 Å². The van der Waals surface area contributed by atoms with Gasteiger partial charge < -0.3 is 16.0 Å². The maximum absolute atomic E-state index is 11.8. The van der Waals surface area contributed by atoms with Gasteiger partial charge >= 0.3 is 6.03 Å². The summed E-state index contributed by atoms with van der Waals surface area (Å²) in [6.07, 6.45) is 6.36. The third kappa shape index (κ3) is 3.91. The molecule has 2 rings (SSSR count). The van der Waals surface area contributed by atoms with Crippen molar-refractivity contribution in [3.8, 4) is 0 Å². The van der Waals surface area contributed by atoms with Gasteiger partial charge in [0, 0.05) is 38.1 Å². The van der Waals surface area contributed by atoms with Crippen LogP contribution in [-0.2, 0) is 11.2 Å². The van der Waals surface area contributed by atoms with Gasteiger partial charge in [0.1, 0.15) is 6.04 Å². The normalized spacial score (nSPS) is 21.9. The molecule has 0 saturated carbocycles. The predicted octanol–water partition coefficient (Wildman–Crippen LogP) is -0.157. The van der Waals surface area contributed by atoms with Gasteiger partial charge in [0.05, 0.1) is 5.69 Å². The molecule has 1 fully saturated rings. The number of amides is 3. The smallest absolute Gasteiger partial charge is 0.315 e. The second-order valence-corrected chi connectivity index (χ2v) is 4.88. The largest absolute Gasteiger partial charge is 0.354 e. The van der Waals surface area contributed by atoms with Crippen molar-refractivity contribution in [2.45, 2.75) is 25.8 Å². The van der Waals surface area contributed by atoms with Crippen molar-refractivity contribution in [1.82, 2.24) is 25.9 Å². The zero-order valence-corrected chi connectivity index (χ0v) is 11.4. The van der Waals surface area contributed by atoms with Gasteiger partial charge in [0.2, 0.25) is 5.91 Å². The van der Waals surface area contributed by atoms with Gasteiger partial charge in [-0.05, 0) is 12.3 Å². The Kier molecular flexibility index (Phi) is 4.86. The van der Waals surface area contributed by atoms with Crippen molar-refractivity contribution >= 4 is 11.9 Å². The van der Waals surface area contributed by atoms with Gasteiger partial charge in [-0.2, -0.15) is 0 Å². The molecule has 1 saturated heterocycles. The van der Waals surface area contributed by atoms with Gasteiger partial charge in [-0.25, -0.2) is 4.79 Å². The lowest BCUT2D eigenvalue weighted by atomic mass is 9.94. The summed E-state index contributed by atoms with van der Waals surface area (Å²) in [6, 6.07) is -0.789. The van der Waals surface area contributed by atoms with Crippen LogP contribution in [0.3, 0.4) is 0 Å². The Morgan fingerprint density at radius 2 is 2.35 bits per heavy atom. The molecule has 3 N–H and O–H groups in total. The van der Waals surface area contributed by atoms with Gasteiger partial charge in [0.15, 0.2) is 0 Å². The first-order valence-electron chi connectivity index (χ1n) is 6.74. The molecule has 20 heavy (non-hydrogen) atoms. The highest BCUT2D eigenvalue weighted by molar-refractivity contribution is 5.87. The Morgan fingerprint density at radius 3 is 3.05 bits per heavy atom. The number of carbonyl (C=O) groups is 2. The van der Waals surface area contributed by atoms with Crippen LogP contribution in [0.15, 0.2) is 18.6 Å². The van der Waals surface area contributed by atoms with Gasteiger partial charge in [-0.15, -0.1) is 0 Å². The first-order valence-corrected chi connectivity index (χ1v) is 6.74. The van der Waals surface area contributed by atoms with Crippen LogP contribution in [0.25, 0.3) is 0 Å². The zero-order valence-electron chi connectivity index (χ0n) is 11.4. The lowest BCUT2D eigenvalue weighted by molar-refractivity contribution is -0.125. The molecule has 7 heteroatoms. The van der Waals surface area contributed by atoms with Crippen molar-refractivity contribution in [1.29, 1.82) is 0 Å². The Morgan fingerprint density at radius 1 is 1.50 bits per heavy atom. The first kappa shape index (κ1) is 14.2. The van der Waals surface area contributed by atoms with Gasteiger partial charge in [0.25, 0.3) is 0 Å². The first-order chi connectivity index (χ1) is 9.66. The fraction of sp³-hybridized carbons (Fsp3) is 0.538. The molecule has 0 aliphatic carbocycles. The molecule has 2 heterocycles. The van der Waals surface area contributed by atoms with Crippen LogP contribution in [0.1, 0.15) is 19.0 Å². The highest BCUT2D eigenvalue weighted by Gasteiger charge is 2.29. The van der Waals surface area contributed by atoms with E-state index in [-0.39, 0.29) is 17.9 Å². The summed E-state index contributed by atoms with van der Waals surface area (Å²) >= 11 is 0. The van der Waals surface area contributed by atoms with E-state index in [1.54, 1.807) is 18.6 Å². The second-order valence-electron chi connectivity index (χ2n) is 4.88. The molecule has 3 amide bonds. The van der Waals surface area contributed by atoms with Crippen LogP contribution in [0.5, 0.6) is 0 Å². The van der Waals surface area contributed by atoms with Crippen molar-refractivity contribution in [3.05, 3.63) is 24.3 Å². The number of aromatic nitrogens is 2. The Bertz CT molecular complexity index is 465. The van der Waals surface area contributed by atoms with E-state index in [2.05, 4.69) is 25.9 Å². The summed E-state index contributed by atoms with van der Waals surface area (Å²) in [4.78, 5) is 31.5. The van der Waals surface area contributed by atoms with Crippen LogP contribution in [0, 0.1) is 5.92 Å². The summed E-state index contributed by atoms with van der Waals surface area (Å²) in [5.74, 6) is 0.0299. The average Bonchev–Trinajstić information content (AvgIpc) is 2.44. The lowest BCUT2D eigenvalue weighted by Crippen LogP contribution is -2.56. The molecule has 0 radical (unpaired) electrons. The highest BCUT2D eigenvalue weighted by Crippen LogP contribution is 2.11. The van der Waals surface area contributed by atoms with Crippen LogP contribution >= 0.6 is 0 Å². The minimum absolute atomic E-state index is 0.118.